The molecule has 0 atom stereocenters. The predicted molar refractivity (Wildman–Crippen MR) is 113 cm³/mol. The van der Waals surface area contributed by atoms with Gasteiger partial charge in [0.2, 0.25) is 0 Å². The maximum atomic E-state index is 12.2. The third kappa shape index (κ3) is 3.37. The number of aromatic amines is 1. The molecule has 0 saturated carbocycles. The van der Waals surface area contributed by atoms with Gasteiger partial charge in [0, 0.05) is 39.8 Å². The van der Waals surface area contributed by atoms with Crippen molar-refractivity contribution in [3.63, 3.8) is 0 Å². The Balaban J connectivity index is 1.76. The third-order valence-electron chi connectivity index (χ3n) is 4.68. The summed E-state index contributed by atoms with van der Waals surface area (Å²) in [5, 5.41) is 12.0. The Kier molecular flexibility index (Phi) is 4.84. The summed E-state index contributed by atoms with van der Waals surface area (Å²) in [6.45, 7) is 4.50. The first kappa shape index (κ1) is 18.2. The van der Waals surface area contributed by atoms with E-state index in [2.05, 4.69) is 20.5 Å². The lowest BCUT2D eigenvalue weighted by atomic mass is 10.0. The minimum absolute atomic E-state index is 0.0867. The van der Waals surface area contributed by atoms with Gasteiger partial charge in [-0.2, -0.15) is 5.10 Å². The Morgan fingerprint density at radius 1 is 1.14 bits per heavy atom. The first-order valence-electron chi connectivity index (χ1n) is 9.06. The van der Waals surface area contributed by atoms with Crippen molar-refractivity contribution in [1.29, 1.82) is 0 Å². The molecule has 0 unspecified atom stereocenters. The number of nitrogens with one attached hydrogen (secondary N) is 2. The molecule has 0 saturated heterocycles. The van der Waals surface area contributed by atoms with Gasteiger partial charge >= 0.3 is 0 Å². The number of halogens is 1. The summed E-state index contributed by atoms with van der Waals surface area (Å²) in [6.07, 6.45) is 1.82. The van der Waals surface area contributed by atoms with E-state index in [1.807, 2.05) is 68.6 Å². The molecule has 140 valence electrons. The van der Waals surface area contributed by atoms with E-state index in [1.165, 1.54) is 0 Å². The minimum Gasteiger partial charge on any atom is -0.352 e. The molecule has 0 aliphatic carbocycles. The van der Waals surface area contributed by atoms with Crippen LogP contribution >= 0.6 is 11.6 Å². The van der Waals surface area contributed by atoms with Crippen molar-refractivity contribution in [3.05, 3.63) is 70.9 Å². The highest BCUT2D eigenvalue weighted by atomic mass is 35.5. The number of hydrogen-bond acceptors (Lipinski definition) is 3. The summed E-state index contributed by atoms with van der Waals surface area (Å²) >= 11 is 5.98. The molecule has 2 N–H and O–H groups in total. The van der Waals surface area contributed by atoms with Gasteiger partial charge in [0.25, 0.3) is 5.91 Å². The molecule has 0 aliphatic rings. The number of aryl methyl sites for hydroxylation is 1. The number of rotatable bonds is 4. The van der Waals surface area contributed by atoms with Gasteiger partial charge in [-0.05, 0) is 49.7 Å². The zero-order valence-electron chi connectivity index (χ0n) is 15.6. The van der Waals surface area contributed by atoms with Crippen LogP contribution in [0.15, 0.2) is 54.7 Å². The Morgan fingerprint density at radius 3 is 2.68 bits per heavy atom. The first-order valence-corrected chi connectivity index (χ1v) is 9.44. The monoisotopic (exact) mass is 390 g/mol. The maximum Gasteiger partial charge on any atom is 0.251 e. The van der Waals surface area contributed by atoms with Crippen molar-refractivity contribution in [2.75, 3.05) is 6.54 Å². The molecule has 0 bridgehead atoms. The average molecular weight is 391 g/mol. The van der Waals surface area contributed by atoms with Crippen LogP contribution in [-0.4, -0.2) is 27.6 Å². The molecule has 0 aliphatic heterocycles. The van der Waals surface area contributed by atoms with Crippen molar-refractivity contribution in [3.8, 4) is 22.5 Å². The number of amides is 1. The fourth-order valence-corrected chi connectivity index (χ4v) is 3.32. The number of H-pyrrole nitrogens is 1. The van der Waals surface area contributed by atoms with Gasteiger partial charge in [0.15, 0.2) is 0 Å². The van der Waals surface area contributed by atoms with Crippen LogP contribution in [-0.2, 0) is 0 Å². The molecule has 2 aromatic carbocycles. The molecule has 4 aromatic rings. The number of hydrogen-bond donors (Lipinski definition) is 2. The fourth-order valence-electron chi connectivity index (χ4n) is 3.19. The van der Waals surface area contributed by atoms with Crippen LogP contribution in [0.4, 0.5) is 0 Å². The number of aromatic nitrogens is 3. The predicted octanol–water partition coefficient (Wildman–Crippen LogP) is 5.00. The van der Waals surface area contributed by atoms with Gasteiger partial charge in [-0.25, -0.2) is 0 Å². The lowest BCUT2D eigenvalue weighted by Gasteiger charge is -2.09. The van der Waals surface area contributed by atoms with Crippen LogP contribution in [0.1, 0.15) is 22.8 Å². The van der Waals surface area contributed by atoms with Gasteiger partial charge < -0.3 is 5.32 Å². The molecule has 1 amide bonds. The fraction of sp³-hybridized carbons (Fsp3) is 0.136. The minimum atomic E-state index is -0.0867. The second kappa shape index (κ2) is 7.44. The molecule has 2 heterocycles. The summed E-state index contributed by atoms with van der Waals surface area (Å²) in [7, 11) is 0. The molecule has 4 rings (SSSR count). The highest BCUT2D eigenvalue weighted by molar-refractivity contribution is 6.30. The van der Waals surface area contributed by atoms with E-state index in [-0.39, 0.29) is 5.91 Å². The molecular formula is C22H19ClN4O. The number of carbonyl (C=O) groups excluding carboxylic acids is 1. The second-order valence-electron chi connectivity index (χ2n) is 6.58. The van der Waals surface area contributed by atoms with E-state index in [0.717, 1.165) is 39.0 Å². The Labute approximate surface area is 167 Å². The average Bonchev–Trinajstić information content (AvgIpc) is 3.12. The van der Waals surface area contributed by atoms with Crippen molar-refractivity contribution in [2.24, 2.45) is 0 Å². The molecule has 0 fully saturated rings. The Bertz CT molecular complexity index is 1170. The van der Waals surface area contributed by atoms with Gasteiger partial charge in [0.05, 0.1) is 11.2 Å². The van der Waals surface area contributed by atoms with Crippen molar-refractivity contribution >= 4 is 28.4 Å². The van der Waals surface area contributed by atoms with E-state index in [9.17, 15) is 4.79 Å². The van der Waals surface area contributed by atoms with Gasteiger partial charge in [-0.15, -0.1) is 0 Å². The van der Waals surface area contributed by atoms with Gasteiger partial charge in [-0.3, -0.25) is 14.9 Å². The highest BCUT2D eigenvalue weighted by Gasteiger charge is 2.13. The standard InChI is InChI=1S/C22H19ClN4O/c1-3-24-22(28)15-5-4-13(2)17(10-15)19-11-20-18(12-25-19)21(27-26-20)14-6-8-16(23)9-7-14/h4-12H,3H2,1-2H3,(H,24,28)(H,26,27). The zero-order chi connectivity index (χ0) is 19.7. The van der Waals surface area contributed by atoms with Crippen LogP contribution in [0.3, 0.4) is 0 Å². The normalized spacial score (nSPS) is 11.0. The Morgan fingerprint density at radius 2 is 1.93 bits per heavy atom. The number of pyridine rings is 1. The van der Waals surface area contributed by atoms with E-state index >= 15 is 0 Å². The first-order chi connectivity index (χ1) is 13.6. The topological polar surface area (TPSA) is 70.7 Å². The van der Waals surface area contributed by atoms with Crippen LogP contribution in [0, 0.1) is 6.92 Å². The van der Waals surface area contributed by atoms with E-state index in [4.69, 9.17) is 11.6 Å². The summed E-state index contributed by atoms with van der Waals surface area (Å²) in [5.41, 5.74) is 6.08. The third-order valence-corrected chi connectivity index (χ3v) is 4.93. The molecule has 0 radical (unpaired) electrons. The summed E-state index contributed by atoms with van der Waals surface area (Å²) in [5.74, 6) is -0.0867. The number of benzene rings is 2. The maximum absolute atomic E-state index is 12.2. The smallest absolute Gasteiger partial charge is 0.251 e. The van der Waals surface area contributed by atoms with E-state index in [0.29, 0.717) is 17.1 Å². The molecule has 0 spiro atoms. The van der Waals surface area contributed by atoms with Crippen LogP contribution in [0.2, 0.25) is 5.02 Å². The largest absolute Gasteiger partial charge is 0.352 e. The van der Waals surface area contributed by atoms with Crippen molar-refractivity contribution in [1.82, 2.24) is 20.5 Å². The Hall–Kier alpha value is -3.18. The summed E-state index contributed by atoms with van der Waals surface area (Å²) in [4.78, 5) is 16.8. The van der Waals surface area contributed by atoms with Crippen molar-refractivity contribution in [2.45, 2.75) is 13.8 Å². The molecular weight excluding hydrogens is 372 g/mol. The van der Waals surface area contributed by atoms with Crippen LogP contribution in [0.5, 0.6) is 0 Å². The quantitative estimate of drug-likeness (QED) is 0.515. The SMILES string of the molecule is CCNC(=O)c1ccc(C)c(-c2cc3[nH]nc(-c4ccc(Cl)cc4)c3cn2)c1. The summed E-state index contributed by atoms with van der Waals surface area (Å²) < 4.78 is 0. The lowest BCUT2D eigenvalue weighted by molar-refractivity contribution is 0.0956. The molecule has 2 aromatic heterocycles. The van der Waals surface area contributed by atoms with Crippen LogP contribution in [0.25, 0.3) is 33.4 Å². The summed E-state index contributed by atoms with van der Waals surface area (Å²) in [6, 6.07) is 15.2. The van der Waals surface area contributed by atoms with E-state index in [1.54, 1.807) is 0 Å². The molecule has 5 nitrogen and oxygen atoms in total. The van der Waals surface area contributed by atoms with Gasteiger partial charge in [0.1, 0.15) is 5.69 Å². The number of carbonyl (C=O) groups is 1. The highest BCUT2D eigenvalue weighted by Crippen LogP contribution is 2.30. The van der Waals surface area contributed by atoms with Crippen LogP contribution < -0.4 is 5.32 Å². The van der Waals surface area contributed by atoms with E-state index < -0.39 is 0 Å². The second-order valence-corrected chi connectivity index (χ2v) is 7.02. The van der Waals surface area contributed by atoms with Crippen molar-refractivity contribution < 1.29 is 4.79 Å². The molecule has 6 heteroatoms. The number of fused-ring (bicyclic) bond motifs is 1. The lowest BCUT2D eigenvalue weighted by Crippen LogP contribution is -2.22. The molecule has 28 heavy (non-hydrogen) atoms. The number of nitrogens with zero attached hydrogens (tertiary/aromatic N) is 2. The zero-order valence-corrected chi connectivity index (χ0v) is 16.3. The van der Waals surface area contributed by atoms with Gasteiger partial charge in [-0.1, -0.05) is 29.8 Å².